The smallest absolute Gasteiger partial charge is 0.475 e. The lowest BCUT2D eigenvalue weighted by Gasteiger charge is -2.28. The number of hydrogen-bond donors (Lipinski definition) is 8. The van der Waals surface area contributed by atoms with Gasteiger partial charge >= 0.3 is 12.1 Å². The second-order valence-electron chi connectivity index (χ2n) is 14.7. The maximum atomic E-state index is 14.2. The zero-order valence-corrected chi connectivity index (χ0v) is 32.5. The largest absolute Gasteiger partial charge is 0.490 e. The molecule has 2 aliphatic rings. The van der Waals surface area contributed by atoms with Crippen LogP contribution in [0.1, 0.15) is 36.0 Å². The first kappa shape index (κ1) is 44.8. The van der Waals surface area contributed by atoms with Crippen molar-refractivity contribution in [3.8, 4) is 0 Å². The van der Waals surface area contributed by atoms with Crippen molar-refractivity contribution < 1.29 is 52.2 Å². The molecular weight excluding hydrogens is 787 g/mol. The third kappa shape index (κ3) is 13.1. The van der Waals surface area contributed by atoms with Crippen LogP contribution in [0.2, 0.25) is 0 Å². The Morgan fingerprint density at radius 3 is 2.03 bits per heavy atom. The van der Waals surface area contributed by atoms with Gasteiger partial charge in [-0.05, 0) is 48.6 Å². The Bertz CT molecular complexity index is 2100. The number of halogens is 3. The van der Waals surface area contributed by atoms with E-state index in [1.54, 1.807) is 6.20 Å². The van der Waals surface area contributed by atoms with Crippen molar-refractivity contribution in [3.63, 3.8) is 0 Å². The zero-order chi connectivity index (χ0) is 43.2. The molecule has 320 valence electrons. The Hall–Kier alpha value is -6.27. The van der Waals surface area contributed by atoms with E-state index < -0.39 is 72.3 Å². The number of likely N-dealkylation sites (tertiary alicyclic amines) is 1. The van der Waals surface area contributed by atoms with Gasteiger partial charge in [0, 0.05) is 42.5 Å². The van der Waals surface area contributed by atoms with Crippen molar-refractivity contribution in [2.75, 3.05) is 26.2 Å². The van der Waals surface area contributed by atoms with Gasteiger partial charge in [0.05, 0.1) is 25.6 Å². The molecule has 5 atom stereocenters. The first-order chi connectivity index (χ1) is 28.7. The van der Waals surface area contributed by atoms with Crippen LogP contribution in [0.5, 0.6) is 0 Å². The van der Waals surface area contributed by atoms with Crippen molar-refractivity contribution in [2.24, 2.45) is 0 Å². The fourth-order valence-corrected chi connectivity index (χ4v) is 7.17. The Morgan fingerprint density at radius 1 is 0.783 bits per heavy atom. The van der Waals surface area contributed by atoms with E-state index in [1.807, 2.05) is 89.8 Å². The Kier molecular flexibility index (Phi) is 15.8. The number of alkyl halides is 3. The molecule has 0 radical (unpaired) electrons. The highest BCUT2D eigenvalue weighted by atomic mass is 19.4. The summed E-state index contributed by atoms with van der Waals surface area (Å²) in [6.45, 7) is 0.506. The van der Waals surface area contributed by atoms with Gasteiger partial charge in [0.15, 0.2) is 0 Å². The van der Waals surface area contributed by atoms with Crippen LogP contribution in [0.3, 0.4) is 0 Å². The number of nitrogens with zero attached hydrogens (tertiary/aromatic N) is 1. The molecule has 0 unspecified atom stereocenters. The molecular formula is C42H48F3N7O8. The van der Waals surface area contributed by atoms with E-state index in [-0.39, 0.29) is 38.6 Å². The average molecular weight is 836 g/mol. The fraction of sp³-hybridized carbons (Fsp3) is 0.381. The van der Waals surface area contributed by atoms with Crippen LogP contribution in [0.15, 0.2) is 91.1 Å². The maximum Gasteiger partial charge on any atom is 0.490 e. The van der Waals surface area contributed by atoms with Gasteiger partial charge in [0.1, 0.15) is 18.1 Å². The molecule has 4 aromatic rings. The summed E-state index contributed by atoms with van der Waals surface area (Å²) < 4.78 is 31.7. The van der Waals surface area contributed by atoms with Gasteiger partial charge in [-0.3, -0.25) is 28.9 Å². The Labute approximate surface area is 343 Å². The number of H-pyrrole nitrogens is 1. The lowest BCUT2D eigenvalue weighted by atomic mass is 10.0. The fourth-order valence-electron chi connectivity index (χ4n) is 7.17. The molecule has 1 aromatic heterocycles. The second kappa shape index (κ2) is 21.1. The quantitative estimate of drug-likeness (QED) is 0.117. The van der Waals surface area contributed by atoms with Crippen LogP contribution in [0.25, 0.3) is 10.9 Å². The summed E-state index contributed by atoms with van der Waals surface area (Å²) in [5.41, 5.74) is 3.39. The van der Waals surface area contributed by atoms with Gasteiger partial charge in [-0.15, -0.1) is 0 Å². The van der Waals surface area contributed by atoms with E-state index in [0.29, 0.717) is 13.0 Å². The monoisotopic (exact) mass is 835 g/mol. The van der Waals surface area contributed by atoms with Crippen LogP contribution in [-0.2, 0) is 48.0 Å². The second-order valence-corrected chi connectivity index (χ2v) is 14.7. The van der Waals surface area contributed by atoms with Crippen LogP contribution in [0.4, 0.5) is 13.2 Å². The first-order valence-corrected chi connectivity index (χ1v) is 19.4. The predicted octanol–water partition coefficient (Wildman–Crippen LogP) is 1.74. The van der Waals surface area contributed by atoms with Crippen LogP contribution in [-0.4, -0.2) is 118 Å². The number of rotatable bonds is 10. The number of aliphatic carboxylic acids is 1. The van der Waals surface area contributed by atoms with E-state index in [0.717, 1.165) is 40.4 Å². The first-order valence-electron chi connectivity index (χ1n) is 19.4. The molecule has 5 amide bonds. The molecule has 0 saturated carbocycles. The number of nitrogens with one attached hydrogen (secondary N) is 6. The van der Waals surface area contributed by atoms with Gasteiger partial charge in [-0.2, -0.15) is 13.2 Å². The lowest BCUT2D eigenvalue weighted by molar-refractivity contribution is -0.192. The number of aliphatic hydroxyl groups is 1. The summed E-state index contributed by atoms with van der Waals surface area (Å²) in [4.78, 5) is 83.1. The van der Waals surface area contributed by atoms with Gasteiger partial charge in [-0.25, -0.2) is 4.79 Å². The van der Waals surface area contributed by atoms with Gasteiger partial charge in [0.2, 0.25) is 29.5 Å². The molecule has 6 rings (SSSR count). The van der Waals surface area contributed by atoms with Crippen molar-refractivity contribution in [1.29, 1.82) is 0 Å². The van der Waals surface area contributed by atoms with E-state index in [2.05, 4.69) is 31.6 Å². The Morgan fingerprint density at radius 2 is 1.38 bits per heavy atom. The SMILES string of the molecule is O=C(O)C(F)(F)F.O=C1C[C@@H](NC(=O)CN2CCC[C@H]2CO)C(=O)NC[C@@H](Cc2ccccc2)NC(=O)[C@H](Cc2ccccc2)NC(=O)[C@H](Cc2c[nH]c3ccccc23)N1. The standard InChI is InChI=1S/C40H47N7O6.C2HF3O2/c48-25-30-14-9-17-47(30)24-37(50)45-35-21-36(49)44-34(20-28-22-41-32-16-8-7-15-31(28)32)40(53)46-33(19-27-12-5-2-6-13-27)39(52)43-29(23-42-38(35)51)18-26-10-3-1-4-11-26;3-2(4,5)1(6)7/h1-8,10-13,15-16,22,29-30,33-35,41,48H,9,14,17-21,23-25H2,(H,42,51)(H,43,52)(H,44,49)(H,45,50)(H,46,53);(H,6,7)/t29-,30+,33+,34+,35-;/m1./s1. The molecule has 3 aromatic carbocycles. The Balaban J connectivity index is 0.000000896. The van der Waals surface area contributed by atoms with Crippen molar-refractivity contribution in [1.82, 2.24) is 36.5 Å². The predicted molar refractivity (Wildman–Crippen MR) is 213 cm³/mol. The number of carboxylic acids is 1. The highest BCUT2D eigenvalue weighted by molar-refractivity contribution is 5.96. The van der Waals surface area contributed by atoms with Crippen molar-refractivity contribution in [2.45, 2.75) is 74.9 Å². The molecule has 2 fully saturated rings. The number of carbonyl (C=O) groups is 6. The number of hydrogen-bond acceptors (Lipinski definition) is 8. The highest BCUT2D eigenvalue weighted by Gasteiger charge is 2.38. The molecule has 3 heterocycles. The topological polar surface area (TPSA) is 222 Å². The normalized spacial score (nSPS) is 22.0. The van der Waals surface area contributed by atoms with E-state index in [4.69, 9.17) is 9.90 Å². The molecule has 2 aliphatic heterocycles. The minimum absolute atomic E-state index is 0.00135. The molecule has 8 N–H and O–H groups in total. The number of benzene rings is 3. The molecule has 2 saturated heterocycles. The number of amides is 5. The number of para-hydroxylation sites is 1. The van der Waals surface area contributed by atoms with Crippen molar-refractivity contribution in [3.05, 3.63) is 108 Å². The lowest BCUT2D eigenvalue weighted by Crippen LogP contribution is -2.59. The molecule has 0 spiro atoms. The summed E-state index contributed by atoms with van der Waals surface area (Å²) in [6.07, 6.45) is -1.47. The summed E-state index contributed by atoms with van der Waals surface area (Å²) in [6, 6.07) is 22.3. The van der Waals surface area contributed by atoms with Crippen molar-refractivity contribution >= 4 is 46.4 Å². The number of carboxylic acid groups (broad SMARTS) is 1. The molecule has 18 heteroatoms. The van der Waals surface area contributed by atoms with Crippen LogP contribution < -0.4 is 26.6 Å². The third-order valence-electron chi connectivity index (χ3n) is 10.2. The van der Waals surface area contributed by atoms with E-state index >= 15 is 0 Å². The van der Waals surface area contributed by atoms with E-state index in [9.17, 15) is 42.3 Å². The van der Waals surface area contributed by atoms with Gasteiger partial charge < -0.3 is 41.8 Å². The van der Waals surface area contributed by atoms with Gasteiger partial charge in [0.25, 0.3) is 0 Å². The minimum atomic E-state index is -5.08. The average Bonchev–Trinajstić information content (AvgIpc) is 3.85. The summed E-state index contributed by atoms with van der Waals surface area (Å²) in [5, 5.41) is 32.1. The number of aromatic nitrogens is 1. The third-order valence-corrected chi connectivity index (χ3v) is 10.2. The zero-order valence-electron chi connectivity index (χ0n) is 32.5. The van der Waals surface area contributed by atoms with Crippen LogP contribution in [0, 0.1) is 0 Å². The number of fused-ring (bicyclic) bond motifs is 1. The van der Waals surface area contributed by atoms with Crippen LogP contribution >= 0.6 is 0 Å². The molecule has 15 nitrogen and oxygen atoms in total. The highest BCUT2D eigenvalue weighted by Crippen LogP contribution is 2.20. The number of aromatic amines is 1. The summed E-state index contributed by atoms with van der Waals surface area (Å²) in [7, 11) is 0. The number of aliphatic hydroxyl groups excluding tert-OH is 1. The molecule has 60 heavy (non-hydrogen) atoms. The molecule has 0 aliphatic carbocycles. The minimum Gasteiger partial charge on any atom is -0.475 e. The van der Waals surface area contributed by atoms with E-state index in [1.165, 1.54) is 0 Å². The summed E-state index contributed by atoms with van der Waals surface area (Å²) >= 11 is 0. The summed E-state index contributed by atoms with van der Waals surface area (Å²) in [5.74, 6) is -5.46. The molecule has 0 bridgehead atoms. The maximum absolute atomic E-state index is 14.2. The van der Waals surface area contributed by atoms with Gasteiger partial charge in [-0.1, -0.05) is 78.9 Å². The number of carbonyl (C=O) groups excluding carboxylic acids is 5.